The quantitative estimate of drug-likeness (QED) is 0.750. The second-order valence-electron chi connectivity index (χ2n) is 3.47. The van der Waals surface area contributed by atoms with Gasteiger partial charge >= 0.3 is 6.18 Å². The summed E-state index contributed by atoms with van der Waals surface area (Å²) in [5.74, 6) is 0. The molecule has 1 nitrogen and oxygen atoms in total. The Morgan fingerprint density at radius 3 is 2.33 bits per heavy atom. The van der Waals surface area contributed by atoms with Gasteiger partial charge in [-0.25, -0.2) is 0 Å². The zero-order valence-electron chi connectivity index (χ0n) is 7.59. The van der Waals surface area contributed by atoms with E-state index in [-0.39, 0.29) is 6.10 Å². The molecule has 82 valence electrons. The minimum Gasteiger partial charge on any atom is -0.364 e. The molecule has 0 bridgehead atoms. The zero-order valence-corrected chi connectivity index (χ0v) is 9.18. The van der Waals surface area contributed by atoms with Crippen molar-refractivity contribution in [2.24, 2.45) is 0 Å². The number of ether oxygens (including phenoxy) is 1. The minimum atomic E-state index is -4.14. The molecule has 5 heteroatoms. The predicted octanol–water partition coefficient (Wildman–Crippen LogP) is 3.84. The summed E-state index contributed by atoms with van der Waals surface area (Å²) in [6.45, 7) is 0. The van der Waals surface area contributed by atoms with Crippen LogP contribution in [-0.4, -0.2) is 12.3 Å². The Balaban J connectivity index is 1.96. The van der Waals surface area contributed by atoms with Gasteiger partial charge in [-0.3, -0.25) is 0 Å². The Morgan fingerprint density at radius 1 is 1.20 bits per heavy atom. The normalized spacial score (nSPS) is 25.3. The van der Waals surface area contributed by atoms with Gasteiger partial charge in [0.05, 0.1) is 12.5 Å². The summed E-state index contributed by atoms with van der Waals surface area (Å²) in [6, 6.07) is 7.12. The summed E-state index contributed by atoms with van der Waals surface area (Å²) in [7, 11) is 0. The van der Waals surface area contributed by atoms with Gasteiger partial charge in [0, 0.05) is 4.47 Å². The minimum absolute atomic E-state index is 0.389. The lowest BCUT2D eigenvalue weighted by Crippen LogP contribution is -2.11. The summed E-state index contributed by atoms with van der Waals surface area (Å²) in [6.07, 6.45) is -6.10. The molecule has 15 heavy (non-hydrogen) atoms. The molecule has 1 aliphatic rings. The lowest BCUT2D eigenvalue weighted by molar-refractivity contribution is -0.137. The SMILES string of the molecule is FC(F)(F)C[C@H]1O[C@@H]1c1ccc(Br)cc1. The van der Waals surface area contributed by atoms with E-state index in [0.717, 1.165) is 10.0 Å². The third kappa shape index (κ3) is 2.95. The Labute approximate surface area is 93.4 Å². The Hall–Kier alpha value is -0.550. The van der Waals surface area contributed by atoms with Crippen LogP contribution in [0.1, 0.15) is 18.1 Å². The largest absolute Gasteiger partial charge is 0.391 e. The van der Waals surface area contributed by atoms with Crippen molar-refractivity contribution in [3.8, 4) is 0 Å². The summed E-state index contributed by atoms with van der Waals surface area (Å²) in [4.78, 5) is 0. The van der Waals surface area contributed by atoms with Gasteiger partial charge in [0.1, 0.15) is 6.10 Å². The highest BCUT2D eigenvalue weighted by Crippen LogP contribution is 2.44. The number of benzene rings is 1. The average molecular weight is 281 g/mol. The molecule has 1 saturated heterocycles. The molecule has 1 aromatic rings. The molecule has 0 aromatic heterocycles. The highest BCUT2D eigenvalue weighted by Gasteiger charge is 2.47. The van der Waals surface area contributed by atoms with E-state index in [1.54, 1.807) is 24.3 Å². The van der Waals surface area contributed by atoms with Gasteiger partial charge in [0.15, 0.2) is 0 Å². The van der Waals surface area contributed by atoms with Crippen LogP contribution in [0.3, 0.4) is 0 Å². The first kappa shape index (κ1) is 11.0. The Kier molecular flexibility index (Phi) is 2.77. The highest BCUT2D eigenvalue weighted by atomic mass is 79.9. The van der Waals surface area contributed by atoms with E-state index >= 15 is 0 Å². The average Bonchev–Trinajstić information content (AvgIpc) is 2.82. The molecule has 0 N–H and O–H groups in total. The lowest BCUT2D eigenvalue weighted by atomic mass is 10.1. The van der Waals surface area contributed by atoms with Crippen LogP contribution in [0.4, 0.5) is 13.2 Å². The van der Waals surface area contributed by atoms with Crippen molar-refractivity contribution in [2.45, 2.75) is 24.8 Å². The molecule has 0 amide bonds. The Morgan fingerprint density at radius 2 is 1.80 bits per heavy atom. The van der Waals surface area contributed by atoms with Crippen molar-refractivity contribution in [3.05, 3.63) is 34.3 Å². The molecule has 0 aliphatic carbocycles. The first-order valence-corrected chi connectivity index (χ1v) is 5.23. The highest BCUT2D eigenvalue weighted by molar-refractivity contribution is 9.10. The maximum absolute atomic E-state index is 12.0. The lowest BCUT2D eigenvalue weighted by Gasteiger charge is -2.02. The molecule has 0 spiro atoms. The van der Waals surface area contributed by atoms with Crippen LogP contribution >= 0.6 is 15.9 Å². The predicted molar refractivity (Wildman–Crippen MR) is 52.4 cm³/mol. The number of rotatable bonds is 2. The fourth-order valence-electron chi connectivity index (χ4n) is 1.47. The van der Waals surface area contributed by atoms with Crippen molar-refractivity contribution in [2.75, 3.05) is 0 Å². The van der Waals surface area contributed by atoms with E-state index in [4.69, 9.17) is 4.74 Å². The van der Waals surface area contributed by atoms with Gasteiger partial charge in [0.25, 0.3) is 0 Å². The molecular weight excluding hydrogens is 273 g/mol. The van der Waals surface area contributed by atoms with Crippen LogP contribution in [0, 0.1) is 0 Å². The van der Waals surface area contributed by atoms with E-state index in [0.29, 0.717) is 0 Å². The smallest absolute Gasteiger partial charge is 0.364 e. The van der Waals surface area contributed by atoms with Crippen molar-refractivity contribution in [1.29, 1.82) is 0 Å². The van der Waals surface area contributed by atoms with E-state index in [9.17, 15) is 13.2 Å². The van der Waals surface area contributed by atoms with Gasteiger partial charge in [-0.2, -0.15) is 13.2 Å². The topological polar surface area (TPSA) is 12.5 Å². The van der Waals surface area contributed by atoms with Crippen molar-refractivity contribution >= 4 is 15.9 Å². The van der Waals surface area contributed by atoms with E-state index in [2.05, 4.69) is 15.9 Å². The molecular formula is C10H8BrF3O. The fraction of sp³-hybridized carbons (Fsp3) is 0.400. The molecule has 2 rings (SSSR count). The van der Waals surface area contributed by atoms with Crippen LogP contribution in [-0.2, 0) is 4.74 Å². The first-order valence-electron chi connectivity index (χ1n) is 4.43. The van der Waals surface area contributed by atoms with Crippen molar-refractivity contribution < 1.29 is 17.9 Å². The molecule has 0 saturated carbocycles. The van der Waals surface area contributed by atoms with Crippen molar-refractivity contribution in [3.63, 3.8) is 0 Å². The molecule has 2 atom stereocenters. The zero-order chi connectivity index (χ0) is 11.1. The van der Waals surface area contributed by atoms with E-state index in [1.165, 1.54) is 0 Å². The molecule has 1 fully saturated rings. The summed E-state index contributed by atoms with van der Waals surface area (Å²) in [5, 5.41) is 0. The first-order chi connectivity index (χ1) is 6.96. The Bertz CT molecular complexity index is 347. The second-order valence-corrected chi connectivity index (χ2v) is 4.38. The van der Waals surface area contributed by atoms with Gasteiger partial charge in [-0.15, -0.1) is 0 Å². The van der Waals surface area contributed by atoms with E-state index < -0.39 is 18.7 Å². The second kappa shape index (κ2) is 3.79. The molecule has 1 heterocycles. The number of hydrogen-bond acceptors (Lipinski definition) is 1. The number of hydrogen-bond donors (Lipinski definition) is 0. The van der Waals surface area contributed by atoms with Crippen LogP contribution < -0.4 is 0 Å². The number of halogens is 4. The van der Waals surface area contributed by atoms with Crippen LogP contribution in [0.25, 0.3) is 0 Å². The monoisotopic (exact) mass is 280 g/mol. The standard InChI is InChI=1S/C10H8BrF3O/c11-7-3-1-6(2-4-7)9-8(15-9)5-10(12,13)14/h1-4,8-9H,5H2/t8-,9-/m1/s1. The molecule has 1 aliphatic heterocycles. The third-order valence-electron chi connectivity index (χ3n) is 2.21. The van der Waals surface area contributed by atoms with Crippen molar-refractivity contribution in [1.82, 2.24) is 0 Å². The van der Waals surface area contributed by atoms with Gasteiger partial charge in [-0.05, 0) is 17.7 Å². The summed E-state index contributed by atoms with van der Waals surface area (Å²) in [5.41, 5.74) is 0.799. The van der Waals surface area contributed by atoms with Crippen LogP contribution in [0.2, 0.25) is 0 Å². The van der Waals surface area contributed by atoms with E-state index in [1.807, 2.05) is 0 Å². The molecule has 0 unspecified atom stereocenters. The van der Waals surface area contributed by atoms with Gasteiger partial charge in [0.2, 0.25) is 0 Å². The van der Waals surface area contributed by atoms with Crippen LogP contribution in [0.15, 0.2) is 28.7 Å². The van der Waals surface area contributed by atoms with Gasteiger partial charge in [-0.1, -0.05) is 28.1 Å². The summed E-state index contributed by atoms with van der Waals surface area (Å²) < 4.78 is 41.9. The van der Waals surface area contributed by atoms with Gasteiger partial charge < -0.3 is 4.74 Å². The molecule has 1 aromatic carbocycles. The van der Waals surface area contributed by atoms with Crippen LogP contribution in [0.5, 0.6) is 0 Å². The maximum Gasteiger partial charge on any atom is 0.391 e. The molecule has 0 radical (unpaired) electrons. The maximum atomic E-state index is 12.0. The summed E-state index contributed by atoms with van der Waals surface area (Å²) >= 11 is 3.26. The third-order valence-corrected chi connectivity index (χ3v) is 2.74. The number of alkyl halides is 3. The fourth-order valence-corrected chi connectivity index (χ4v) is 1.74. The number of epoxide rings is 1.